The summed E-state index contributed by atoms with van der Waals surface area (Å²) in [5.74, 6) is 1.33. The monoisotopic (exact) mass is 437 g/mol. The van der Waals surface area contributed by atoms with Gasteiger partial charge in [-0.3, -0.25) is 9.59 Å². The van der Waals surface area contributed by atoms with Crippen LogP contribution in [0.3, 0.4) is 0 Å². The lowest BCUT2D eigenvalue weighted by Gasteiger charge is -2.16. The molecule has 0 aliphatic carbocycles. The first-order valence-corrected chi connectivity index (χ1v) is 10.9. The second-order valence-corrected chi connectivity index (χ2v) is 8.03. The van der Waals surface area contributed by atoms with Gasteiger partial charge in [0.2, 0.25) is 5.91 Å². The lowest BCUT2D eigenvalue weighted by atomic mass is 10.2. The zero-order chi connectivity index (χ0) is 21.8. The Labute approximate surface area is 184 Å². The Morgan fingerprint density at radius 2 is 2.00 bits per heavy atom. The highest BCUT2D eigenvalue weighted by Crippen LogP contribution is 2.28. The Kier molecular flexibility index (Phi) is 6.22. The van der Waals surface area contributed by atoms with Gasteiger partial charge in [-0.15, -0.1) is 10.2 Å². The average molecular weight is 438 g/mol. The van der Waals surface area contributed by atoms with Gasteiger partial charge in [-0.2, -0.15) is 0 Å². The third-order valence-electron chi connectivity index (χ3n) is 5.18. The van der Waals surface area contributed by atoms with Crippen LogP contribution in [0, 0.1) is 0 Å². The first kappa shape index (κ1) is 20.9. The molecule has 2 amide bonds. The molecule has 9 heteroatoms. The van der Waals surface area contributed by atoms with Gasteiger partial charge < -0.3 is 19.5 Å². The molecule has 8 nitrogen and oxygen atoms in total. The molecule has 0 unspecified atom stereocenters. The second kappa shape index (κ2) is 9.22. The lowest BCUT2D eigenvalue weighted by molar-refractivity contribution is -0.116. The van der Waals surface area contributed by atoms with Crippen molar-refractivity contribution in [1.82, 2.24) is 20.1 Å². The number of hydrogen-bond donors (Lipinski definition) is 1. The molecule has 0 atom stereocenters. The lowest BCUT2D eigenvalue weighted by Crippen LogP contribution is -2.30. The van der Waals surface area contributed by atoms with E-state index in [0.29, 0.717) is 28.8 Å². The number of nitrogens with one attached hydrogen (secondary N) is 1. The predicted octanol–water partition coefficient (Wildman–Crippen LogP) is 2.44. The number of para-hydroxylation sites is 1. The quantitative estimate of drug-likeness (QED) is 0.571. The van der Waals surface area contributed by atoms with Crippen LogP contribution in [-0.2, 0) is 24.8 Å². The van der Waals surface area contributed by atoms with E-state index in [1.54, 1.807) is 35.9 Å². The molecular formula is C22H23N5O3S. The maximum atomic E-state index is 12.7. The van der Waals surface area contributed by atoms with Crippen LogP contribution in [-0.4, -0.2) is 46.0 Å². The number of benzene rings is 2. The fourth-order valence-electron chi connectivity index (χ4n) is 3.45. The third-order valence-corrected chi connectivity index (χ3v) is 6.18. The minimum Gasteiger partial charge on any atom is -0.497 e. The number of hydrogen-bond acceptors (Lipinski definition) is 6. The molecule has 0 saturated carbocycles. The molecule has 0 bridgehead atoms. The van der Waals surface area contributed by atoms with E-state index in [9.17, 15) is 9.59 Å². The van der Waals surface area contributed by atoms with E-state index in [0.717, 1.165) is 12.1 Å². The predicted molar refractivity (Wildman–Crippen MR) is 118 cm³/mol. The van der Waals surface area contributed by atoms with Gasteiger partial charge in [0.1, 0.15) is 5.75 Å². The Morgan fingerprint density at radius 3 is 2.84 bits per heavy atom. The summed E-state index contributed by atoms with van der Waals surface area (Å²) in [5, 5.41) is 11.8. The zero-order valence-corrected chi connectivity index (χ0v) is 18.2. The summed E-state index contributed by atoms with van der Waals surface area (Å²) < 4.78 is 6.95. The van der Waals surface area contributed by atoms with Crippen LogP contribution in [0.25, 0.3) is 0 Å². The van der Waals surface area contributed by atoms with Crippen molar-refractivity contribution in [3.63, 3.8) is 0 Å². The third kappa shape index (κ3) is 4.56. The molecule has 1 aromatic heterocycles. The molecule has 2 heterocycles. The van der Waals surface area contributed by atoms with E-state index in [2.05, 4.69) is 21.6 Å². The number of nitrogens with zero attached hydrogens (tertiary/aromatic N) is 4. The van der Waals surface area contributed by atoms with Gasteiger partial charge in [-0.1, -0.05) is 36.0 Å². The van der Waals surface area contributed by atoms with Gasteiger partial charge in [-0.05, 0) is 36.2 Å². The van der Waals surface area contributed by atoms with E-state index >= 15 is 0 Å². The Morgan fingerprint density at radius 1 is 1.16 bits per heavy atom. The number of fused-ring (bicyclic) bond motifs is 1. The van der Waals surface area contributed by atoms with Crippen LogP contribution in [0.5, 0.6) is 5.75 Å². The molecule has 1 aliphatic heterocycles. The van der Waals surface area contributed by atoms with E-state index in [1.165, 1.54) is 17.3 Å². The largest absolute Gasteiger partial charge is 0.497 e. The van der Waals surface area contributed by atoms with Crippen LogP contribution in [0.15, 0.2) is 53.7 Å². The van der Waals surface area contributed by atoms with Gasteiger partial charge in [0, 0.05) is 24.8 Å². The van der Waals surface area contributed by atoms with Crippen molar-refractivity contribution in [3.05, 3.63) is 65.5 Å². The summed E-state index contributed by atoms with van der Waals surface area (Å²) in [6, 6.07) is 14.9. The molecule has 0 radical (unpaired) electrons. The molecule has 160 valence electrons. The Hall–Kier alpha value is -3.33. The normalized spacial score (nSPS) is 12.5. The highest BCUT2D eigenvalue weighted by Gasteiger charge is 2.24. The van der Waals surface area contributed by atoms with E-state index < -0.39 is 0 Å². The molecule has 31 heavy (non-hydrogen) atoms. The van der Waals surface area contributed by atoms with Crippen molar-refractivity contribution in [2.75, 3.05) is 24.3 Å². The number of rotatable bonds is 7. The summed E-state index contributed by atoms with van der Waals surface area (Å²) in [6.07, 6.45) is 0.883. The van der Waals surface area contributed by atoms with Crippen LogP contribution < -0.4 is 15.0 Å². The van der Waals surface area contributed by atoms with Crippen molar-refractivity contribution >= 4 is 29.3 Å². The van der Waals surface area contributed by atoms with E-state index in [1.807, 2.05) is 30.1 Å². The standard InChI is InChI=1S/C22H23N5O3S/c1-26-19(13-23-21(29)16-7-5-8-17(12-16)30-2)24-25-22(26)31-14-20(28)27-11-10-15-6-3-4-9-18(15)27/h3-9,12H,10-11,13-14H2,1-2H3,(H,23,29). The molecular weight excluding hydrogens is 414 g/mol. The number of anilines is 1. The highest BCUT2D eigenvalue weighted by atomic mass is 32.2. The first-order chi connectivity index (χ1) is 15.1. The number of amides is 2. The van der Waals surface area contributed by atoms with Gasteiger partial charge in [0.25, 0.3) is 5.91 Å². The average Bonchev–Trinajstić information content (AvgIpc) is 3.39. The zero-order valence-electron chi connectivity index (χ0n) is 17.4. The summed E-state index contributed by atoms with van der Waals surface area (Å²) >= 11 is 1.34. The molecule has 1 N–H and O–H groups in total. The van der Waals surface area contributed by atoms with Crippen LogP contribution >= 0.6 is 11.8 Å². The number of carbonyl (C=O) groups is 2. The fraction of sp³-hybridized carbons (Fsp3) is 0.273. The Balaban J connectivity index is 1.33. The maximum absolute atomic E-state index is 12.7. The minimum atomic E-state index is -0.223. The Bertz CT molecular complexity index is 1110. The topological polar surface area (TPSA) is 89.3 Å². The number of aromatic nitrogens is 3. The number of carbonyl (C=O) groups excluding carboxylic acids is 2. The SMILES string of the molecule is COc1cccc(C(=O)NCc2nnc(SCC(=O)N3CCc4ccccc43)n2C)c1. The van der Waals surface area contributed by atoms with Gasteiger partial charge in [0.05, 0.1) is 19.4 Å². The highest BCUT2D eigenvalue weighted by molar-refractivity contribution is 7.99. The van der Waals surface area contributed by atoms with Gasteiger partial charge in [-0.25, -0.2) is 0 Å². The number of thioether (sulfide) groups is 1. The molecule has 0 fully saturated rings. The molecule has 0 spiro atoms. The first-order valence-electron chi connectivity index (χ1n) is 9.88. The van der Waals surface area contributed by atoms with Crippen molar-refractivity contribution in [3.8, 4) is 5.75 Å². The molecule has 4 rings (SSSR count). The van der Waals surface area contributed by atoms with Crippen molar-refractivity contribution in [2.24, 2.45) is 7.05 Å². The van der Waals surface area contributed by atoms with Gasteiger partial charge in [0.15, 0.2) is 11.0 Å². The van der Waals surface area contributed by atoms with E-state index in [-0.39, 0.29) is 24.1 Å². The van der Waals surface area contributed by atoms with Crippen molar-refractivity contribution in [1.29, 1.82) is 0 Å². The minimum absolute atomic E-state index is 0.0471. The summed E-state index contributed by atoms with van der Waals surface area (Å²) in [4.78, 5) is 26.9. The molecule has 3 aromatic rings. The fourth-order valence-corrected chi connectivity index (χ4v) is 4.26. The number of ether oxygens (including phenoxy) is 1. The van der Waals surface area contributed by atoms with E-state index in [4.69, 9.17) is 4.74 Å². The molecule has 2 aromatic carbocycles. The molecule has 1 aliphatic rings. The summed E-state index contributed by atoms with van der Waals surface area (Å²) in [5.41, 5.74) is 2.70. The second-order valence-electron chi connectivity index (χ2n) is 7.09. The van der Waals surface area contributed by atoms with Gasteiger partial charge >= 0.3 is 0 Å². The maximum Gasteiger partial charge on any atom is 0.251 e. The van der Waals surface area contributed by atoms with Crippen molar-refractivity contribution in [2.45, 2.75) is 18.1 Å². The van der Waals surface area contributed by atoms with Crippen LogP contribution in [0.1, 0.15) is 21.7 Å². The van der Waals surface area contributed by atoms with Crippen molar-refractivity contribution < 1.29 is 14.3 Å². The van der Waals surface area contributed by atoms with Crippen LogP contribution in [0.4, 0.5) is 5.69 Å². The summed E-state index contributed by atoms with van der Waals surface area (Å²) in [6.45, 7) is 0.937. The number of methoxy groups -OCH3 is 1. The smallest absolute Gasteiger partial charge is 0.251 e. The van der Waals surface area contributed by atoms with Crippen LogP contribution in [0.2, 0.25) is 0 Å². The summed E-state index contributed by atoms with van der Waals surface area (Å²) in [7, 11) is 3.38. The molecule has 0 saturated heterocycles.